The Balaban J connectivity index is 2.07. The van der Waals surface area contributed by atoms with Crippen LogP contribution < -0.4 is 4.74 Å². The molecule has 0 spiro atoms. The first kappa shape index (κ1) is 11.0. The van der Waals surface area contributed by atoms with Crippen molar-refractivity contribution >= 4 is 11.6 Å². The van der Waals surface area contributed by atoms with Gasteiger partial charge in [-0.15, -0.1) is 10.2 Å². The van der Waals surface area contributed by atoms with Crippen molar-refractivity contribution in [2.45, 2.75) is 20.5 Å². The standard InChI is InChI=1S/C11H11ClN2O2/c1-7-3-4-9(12)10(5-7)15-6-11-14-13-8(2)16-11/h3-5H,6H2,1-2H3. The van der Waals surface area contributed by atoms with Gasteiger partial charge in [0, 0.05) is 6.92 Å². The third kappa shape index (κ3) is 2.52. The van der Waals surface area contributed by atoms with Crippen LogP contribution in [0.15, 0.2) is 22.6 Å². The molecular weight excluding hydrogens is 228 g/mol. The molecule has 0 amide bonds. The minimum absolute atomic E-state index is 0.226. The zero-order chi connectivity index (χ0) is 11.5. The van der Waals surface area contributed by atoms with E-state index in [9.17, 15) is 0 Å². The lowest BCUT2D eigenvalue weighted by Crippen LogP contribution is -1.96. The minimum atomic E-state index is 0.226. The largest absolute Gasteiger partial charge is 0.482 e. The molecule has 1 aromatic heterocycles. The van der Waals surface area contributed by atoms with Crippen LogP contribution in [0.1, 0.15) is 17.3 Å². The molecule has 1 aromatic carbocycles. The van der Waals surface area contributed by atoms with E-state index >= 15 is 0 Å². The van der Waals surface area contributed by atoms with E-state index in [-0.39, 0.29) is 6.61 Å². The first-order valence-electron chi connectivity index (χ1n) is 4.83. The van der Waals surface area contributed by atoms with E-state index in [0.717, 1.165) is 5.56 Å². The number of hydrogen-bond donors (Lipinski definition) is 0. The SMILES string of the molecule is Cc1ccc(Cl)c(OCc2nnc(C)o2)c1. The van der Waals surface area contributed by atoms with Crippen LogP contribution in [-0.4, -0.2) is 10.2 Å². The van der Waals surface area contributed by atoms with Crippen LogP contribution in [0.25, 0.3) is 0 Å². The van der Waals surface area contributed by atoms with Crippen LogP contribution in [0.3, 0.4) is 0 Å². The molecule has 5 heteroatoms. The quantitative estimate of drug-likeness (QED) is 0.825. The number of ether oxygens (including phenoxy) is 1. The Kier molecular flexibility index (Phi) is 3.10. The molecule has 1 heterocycles. The normalized spacial score (nSPS) is 10.4. The number of aryl methyl sites for hydroxylation is 2. The average Bonchev–Trinajstić information content (AvgIpc) is 2.66. The van der Waals surface area contributed by atoms with E-state index in [1.54, 1.807) is 13.0 Å². The summed E-state index contributed by atoms with van der Waals surface area (Å²) in [4.78, 5) is 0. The third-order valence-electron chi connectivity index (χ3n) is 2.01. The van der Waals surface area contributed by atoms with Crippen molar-refractivity contribution in [2.24, 2.45) is 0 Å². The monoisotopic (exact) mass is 238 g/mol. The smallest absolute Gasteiger partial charge is 0.253 e. The summed E-state index contributed by atoms with van der Waals surface area (Å²) < 4.78 is 10.7. The van der Waals surface area contributed by atoms with Crippen molar-refractivity contribution in [3.05, 3.63) is 40.6 Å². The predicted octanol–water partition coefficient (Wildman–Crippen LogP) is 2.92. The number of rotatable bonds is 3. The fraction of sp³-hybridized carbons (Fsp3) is 0.273. The van der Waals surface area contributed by atoms with E-state index in [2.05, 4.69) is 10.2 Å². The molecule has 0 saturated carbocycles. The van der Waals surface area contributed by atoms with Crippen LogP contribution in [0.5, 0.6) is 5.75 Å². The van der Waals surface area contributed by atoms with Gasteiger partial charge in [0.15, 0.2) is 6.61 Å². The fourth-order valence-electron chi connectivity index (χ4n) is 1.26. The van der Waals surface area contributed by atoms with Gasteiger partial charge in [-0.25, -0.2) is 0 Å². The van der Waals surface area contributed by atoms with Gasteiger partial charge in [0.2, 0.25) is 5.89 Å². The summed E-state index contributed by atoms with van der Waals surface area (Å²) in [5, 5.41) is 8.11. The highest BCUT2D eigenvalue weighted by molar-refractivity contribution is 6.32. The molecule has 0 saturated heterocycles. The van der Waals surface area contributed by atoms with Crippen LogP contribution in [0.4, 0.5) is 0 Å². The molecule has 0 aliphatic rings. The summed E-state index contributed by atoms with van der Waals surface area (Å²) in [5.74, 6) is 1.58. The minimum Gasteiger partial charge on any atom is -0.482 e. The van der Waals surface area contributed by atoms with Gasteiger partial charge in [-0.2, -0.15) is 0 Å². The third-order valence-corrected chi connectivity index (χ3v) is 2.32. The van der Waals surface area contributed by atoms with Crippen LogP contribution in [0.2, 0.25) is 5.02 Å². The van der Waals surface area contributed by atoms with E-state index in [1.165, 1.54) is 0 Å². The summed E-state index contributed by atoms with van der Waals surface area (Å²) >= 11 is 5.98. The van der Waals surface area contributed by atoms with Crippen molar-refractivity contribution < 1.29 is 9.15 Å². The van der Waals surface area contributed by atoms with Gasteiger partial charge in [0.25, 0.3) is 5.89 Å². The van der Waals surface area contributed by atoms with Gasteiger partial charge in [-0.3, -0.25) is 0 Å². The van der Waals surface area contributed by atoms with Crippen LogP contribution >= 0.6 is 11.6 Å². The lowest BCUT2D eigenvalue weighted by atomic mass is 10.2. The van der Waals surface area contributed by atoms with E-state index < -0.39 is 0 Å². The number of aromatic nitrogens is 2. The summed E-state index contributed by atoms with van der Waals surface area (Å²) in [5.41, 5.74) is 1.08. The maximum atomic E-state index is 5.98. The van der Waals surface area contributed by atoms with Crippen molar-refractivity contribution in [3.63, 3.8) is 0 Å². The molecule has 0 atom stereocenters. The maximum absolute atomic E-state index is 5.98. The molecule has 0 aliphatic carbocycles. The summed E-state index contributed by atoms with van der Waals surface area (Å²) in [6, 6.07) is 5.59. The molecule has 0 radical (unpaired) electrons. The Labute approximate surface area is 98.2 Å². The topological polar surface area (TPSA) is 48.2 Å². The first-order chi connectivity index (χ1) is 7.65. The van der Waals surface area contributed by atoms with Crippen molar-refractivity contribution in [2.75, 3.05) is 0 Å². The van der Waals surface area contributed by atoms with Crippen molar-refractivity contribution in [1.29, 1.82) is 0 Å². The highest BCUT2D eigenvalue weighted by atomic mass is 35.5. The first-order valence-corrected chi connectivity index (χ1v) is 5.21. The number of benzene rings is 1. The molecule has 0 fully saturated rings. The summed E-state index contributed by atoms with van der Waals surface area (Å²) in [6.45, 7) is 3.93. The van der Waals surface area contributed by atoms with Gasteiger partial charge >= 0.3 is 0 Å². The molecule has 16 heavy (non-hydrogen) atoms. The van der Waals surface area contributed by atoms with E-state index in [1.807, 2.05) is 19.1 Å². The maximum Gasteiger partial charge on any atom is 0.253 e. The molecule has 2 aromatic rings. The molecule has 0 N–H and O–H groups in total. The molecule has 0 aliphatic heterocycles. The van der Waals surface area contributed by atoms with Gasteiger partial charge in [0.1, 0.15) is 5.75 Å². The lowest BCUT2D eigenvalue weighted by molar-refractivity contribution is 0.260. The van der Waals surface area contributed by atoms with Crippen molar-refractivity contribution in [1.82, 2.24) is 10.2 Å². The zero-order valence-corrected chi connectivity index (χ0v) is 9.78. The van der Waals surface area contributed by atoms with Crippen LogP contribution in [-0.2, 0) is 6.61 Å². The second kappa shape index (κ2) is 4.53. The van der Waals surface area contributed by atoms with Gasteiger partial charge in [-0.05, 0) is 24.6 Å². The molecule has 0 bridgehead atoms. The Hall–Kier alpha value is -1.55. The Morgan fingerprint density at radius 3 is 2.81 bits per heavy atom. The fourth-order valence-corrected chi connectivity index (χ4v) is 1.43. The van der Waals surface area contributed by atoms with Crippen molar-refractivity contribution in [3.8, 4) is 5.75 Å². The number of hydrogen-bond acceptors (Lipinski definition) is 4. The second-order valence-electron chi connectivity index (χ2n) is 3.44. The zero-order valence-electron chi connectivity index (χ0n) is 9.03. The van der Waals surface area contributed by atoms with Gasteiger partial charge in [-0.1, -0.05) is 17.7 Å². The number of nitrogens with zero attached hydrogens (tertiary/aromatic N) is 2. The highest BCUT2D eigenvalue weighted by Gasteiger charge is 2.06. The lowest BCUT2D eigenvalue weighted by Gasteiger charge is -2.06. The highest BCUT2D eigenvalue weighted by Crippen LogP contribution is 2.25. The van der Waals surface area contributed by atoms with E-state index in [0.29, 0.717) is 22.6 Å². The molecule has 2 rings (SSSR count). The summed E-state index contributed by atoms with van der Waals surface area (Å²) in [6.07, 6.45) is 0. The average molecular weight is 239 g/mol. The molecule has 0 unspecified atom stereocenters. The predicted molar refractivity (Wildman–Crippen MR) is 59.6 cm³/mol. The molecule has 4 nitrogen and oxygen atoms in total. The Bertz CT molecular complexity index is 496. The summed E-state index contributed by atoms with van der Waals surface area (Å²) in [7, 11) is 0. The molecule has 84 valence electrons. The van der Waals surface area contributed by atoms with Gasteiger partial charge < -0.3 is 9.15 Å². The second-order valence-corrected chi connectivity index (χ2v) is 3.84. The Morgan fingerprint density at radius 2 is 2.12 bits per heavy atom. The number of halogens is 1. The molecular formula is C11H11ClN2O2. The van der Waals surface area contributed by atoms with Gasteiger partial charge in [0.05, 0.1) is 5.02 Å². The van der Waals surface area contributed by atoms with Crippen LogP contribution in [0, 0.1) is 13.8 Å². The Morgan fingerprint density at radius 1 is 1.31 bits per heavy atom. The van der Waals surface area contributed by atoms with E-state index in [4.69, 9.17) is 20.8 Å².